The van der Waals surface area contributed by atoms with Crippen molar-refractivity contribution in [1.29, 1.82) is 0 Å². The quantitative estimate of drug-likeness (QED) is 0.556. The molecule has 0 saturated carbocycles. The summed E-state index contributed by atoms with van der Waals surface area (Å²) in [6.45, 7) is 4.07. The number of rotatable bonds is 4. The molecule has 14 heavy (non-hydrogen) atoms. The maximum atomic E-state index is 10.5. The van der Waals surface area contributed by atoms with Crippen LogP contribution in [0.1, 0.15) is 26.7 Å². The predicted molar refractivity (Wildman–Crippen MR) is 56.7 cm³/mol. The number of nitrogens with zero attached hydrogens (tertiary/aromatic N) is 1. The van der Waals surface area contributed by atoms with E-state index in [9.17, 15) is 15.1 Å². The molecule has 1 aliphatic heterocycles. The zero-order valence-corrected chi connectivity index (χ0v) is 9.28. The zero-order chi connectivity index (χ0) is 10.7. The fraction of sp³-hybridized carbons (Fsp3) is 1.00. The molecule has 0 bridgehead atoms. The van der Waals surface area contributed by atoms with Gasteiger partial charge in [-0.1, -0.05) is 25.4 Å². The lowest BCUT2D eigenvalue weighted by atomic mass is 9.86. The highest BCUT2D eigenvalue weighted by atomic mass is 32.2. The molecule has 0 spiro atoms. The van der Waals surface area contributed by atoms with Crippen LogP contribution in [0.15, 0.2) is 5.18 Å². The van der Waals surface area contributed by atoms with Crippen LogP contribution in [0, 0.1) is 16.7 Å². The molecular formula is C9H17NO3S. The van der Waals surface area contributed by atoms with Gasteiger partial charge in [-0.3, -0.25) is 0 Å². The summed E-state index contributed by atoms with van der Waals surface area (Å²) in [4.78, 5) is 10.5. The third kappa shape index (κ3) is 2.27. The molecule has 0 aromatic heterocycles. The summed E-state index contributed by atoms with van der Waals surface area (Å²) < 4.78 is 0. The minimum Gasteiger partial charge on any atom is -0.368 e. The van der Waals surface area contributed by atoms with Gasteiger partial charge in [-0.2, -0.15) is 0 Å². The van der Waals surface area contributed by atoms with Crippen molar-refractivity contribution in [2.24, 2.45) is 17.0 Å². The van der Waals surface area contributed by atoms with Gasteiger partial charge in [0.25, 0.3) is 0 Å². The monoisotopic (exact) mass is 219 g/mol. The van der Waals surface area contributed by atoms with Gasteiger partial charge in [0.2, 0.25) is 0 Å². The van der Waals surface area contributed by atoms with Crippen molar-refractivity contribution in [2.75, 3.05) is 0 Å². The first-order chi connectivity index (χ1) is 6.61. The maximum Gasteiger partial charge on any atom is 0.157 e. The molecule has 0 aliphatic carbocycles. The molecule has 0 amide bonds. The van der Waals surface area contributed by atoms with Crippen LogP contribution in [-0.4, -0.2) is 27.1 Å². The van der Waals surface area contributed by atoms with Crippen LogP contribution in [0.2, 0.25) is 0 Å². The Morgan fingerprint density at radius 3 is 2.57 bits per heavy atom. The van der Waals surface area contributed by atoms with E-state index in [0.717, 1.165) is 12.8 Å². The second kappa shape index (κ2) is 5.09. The first-order valence-corrected chi connectivity index (χ1v) is 5.90. The van der Waals surface area contributed by atoms with Gasteiger partial charge < -0.3 is 10.2 Å². The Hall–Kier alpha value is -0.130. The number of hydrogen-bond donors (Lipinski definition) is 2. The summed E-state index contributed by atoms with van der Waals surface area (Å²) in [6, 6.07) is 0. The summed E-state index contributed by atoms with van der Waals surface area (Å²) in [5, 5.41) is 21.2. The highest BCUT2D eigenvalue weighted by Crippen LogP contribution is 2.46. The molecule has 4 unspecified atom stereocenters. The fourth-order valence-corrected chi connectivity index (χ4v) is 3.69. The van der Waals surface area contributed by atoms with Gasteiger partial charge in [0.05, 0.1) is 0 Å². The van der Waals surface area contributed by atoms with E-state index in [-0.39, 0.29) is 11.2 Å². The van der Waals surface area contributed by atoms with Crippen molar-refractivity contribution < 1.29 is 10.2 Å². The largest absolute Gasteiger partial charge is 0.368 e. The molecule has 1 aliphatic rings. The van der Waals surface area contributed by atoms with Gasteiger partial charge in [0.15, 0.2) is 6.29 Å². The van der Waals surface area contributed by atoms with E-state index in [1.165, 1.54) is 11.8 Å². The van der Waals surface area contributed by atoms with E-state index in [1.807, 2.05) is 6.92 Å². The average Bonchev–Trinajstić information content (AvgIpc) is 2.44. The summed E-state index contributed by atoms with van der Waals surface area (Å²) in [5.41, 5.74) is 0. The Kier molecular flexibility index (Phi) is 4.34. The summed E-state index contributed by atoms with van der Waals surface area (Å²) in [7, 11) is 0. The van der Waals surface area contributed by atoms with E-state index < -0.39 is 17.6 Å². The number of nitroso groups, excluding NO2 is 1. The molecular weight excluding hydrogens is 202 g/mol. The first kappa shape index (κ1) is 11.9. The molecule has 0 aromatic carbocycles. The van der Waals surface area contributed by atoms with E-state index in [1.54, 1.807) is 0 Å². The van der Waals surface area contributed by atoms with E-state index in [4.69, 9.17) is 0 Å². The molecule has 1 rings (SSSR count). The SMILES string of the molecule is CCCC1C(C)SC(N=O)C1C(O)O. The Labute approximate surface area is 88.1 Å². The van der Waals surface area contributed by atoms with Crippen molar-refractivity contribution in [2.45, 2.75) is 43.6 Å². The van der Waals surface area contributed by atoms with E-state index in [2.05, 4.69) is 12.1 Å². The Morgan fingerprint density at radius 2 is 2.14 bits per heavy atom. The van der Waals surface area contributed by atoms with Crippen molar-refractivity contribution >= 4 is 11.8 Å². The van der Waals surface area contributed by atoms with Crippen molar-refractivity contribution in [1.82, 2.24) is 0 Å². The smallest absolute Gasteiger partial charge is 0.157 e. The third-order valence-electron chi connectivity index (χ3n) is 2.85. The summed E-state index contributed by atoms with van der Waals surface area (Å²) >= 11 is 1.45. The van der Waals surface area contributed by atoms with Crippen LogP contribution in [-0.2, 0) is 0 Å². The minimum atomic E-state index is -1.42. The van der Waals surface area contributed by atoms with Gasteiger partial charge in [-0.05, 0) is 12.3 Å². The topological polar surface area (TPSA) is 69.9 Å². The van der Waals surface area contributed by atoms with Crippen LogP contribution in [0.25, 0.3) is 0 Å². The first-order valence-electron chi connectivity index (χ1n) is 4.95. The highest BCUT2D eigenvalue weighted by Gasteiger charge is 2.45. The molecule has 0 aromatic rings. The van der Waals surface area contributed by atoms with Crippen LogP contribution in [0.5, 0.6) is 0 Å². The molecule has 4 atom stereocenters. The number of aliphatic hydroxyl groups is 2. The molecule has 2 N–H and O–H groups in total. The predicted octanol–water partition coefficient (Wildman–Crippen LogP) is 1.56. The zero-order valence-electron chi connectivity index (χ0n) is 8.46. The van der Waals surface area contributed by atoms with Crippen LogP contribution >= 0.6 is 11.8 Å². The van der Waals surface area contributed by atoms with Crippen LogP contribution in [0.3, 0.4) is 0 Å². The van der Waals surface area contributed by atoms with Gasteiger partial charge in [0.1, 0.15) is 5.37 Å². The van der Waals surface area contributed by atoms with Crippen LogP contribution in [0.4, 0.5) is 0 Å². The molecule has 82 valence electrons. The standard InChI is InChI=1S/C9H17NO3S/c1-3-4-6-5(2)14-8(10-13)7(6)9(11)12/h5-9,11-12H,3-4H2,1-2H3. The molecule has 1 saturated heterocycles. The van der Waals surface area contributed by atoms with Crippen molar-refractivity contribution in [3.05, 3.63) is 4.91 Å². The van der Waals surface area contributed by atoms with E-state index in [0.29, 0.717) is 0 Å². The van der Waals surface area contributed by atoms with E-state index >= 15 is 0 Å². The maximum absolute atomic E-state index is 10.5. The lowest BCUT2D eigenvalue weighted by molar-refractivity contribution is -0.0977. The molecule has 4 nitrogen and oxygen atoms in total. The third-order valence-corrected chi connectivity index (χ3v) is 4.31. The second-order valence-electron chi connectivity index (χ2n) is 3.78. The summed E-state index contributed by atoms with van der Waals surface area (Å²) in [5.74, 6) is -0.208. The van der Waals surface area contributed by atoms with Crippen molar-refractivity contribution in [3.63, 3.8) is 0 Å². The lowest BCUT2D eigenvalue weighted by Gasteiger charge is -2.23. The number of aliphatic hydroxyl groups excluding tert-OH is 1. The molecule has 0 radical (unpaired) electrons. The van der Waals surface area contributed by atoms with Gasteiger partial charge in [-0.25, -0.2) is 0 Å². The molecule has 5 heteroatoms. The lowest BCUT2D eigenvalue weighted by Crippen LogP contribution is -2.31. The van der Waals surface area contributed by atoms with Gasteiger partial charge in [0, 0.05) is 11.2 Å². The minimum absolute atomic E-state index is 0.188. The second-order valence-corrected chi connectivity index (χ2v) is 5.28. The molecule has 1 fully saturated rings. The number of hydrogen-bond acceptors (Lipinski definition) is 5. The molecule has 1 heterocycles. The fourth-order valence-electron chi connectivity index (χ4n) is 2.16. The summed E-state index contributed by atoms with van der Waals surface area (Å²) in [6.07, 6.45) is 0.485. The Balaban J connectivity index is 2.74. The van der Waals surface area contributed by atoms with Gasteiger partial charge in [-0.15, -0.1) is 16.7 Å². The average molecular weight is 219 g/mol. The normalized spacial score (nSPS) is 37.8. The number of thioether (sulfide) groups is 1. The Bertz CT molecular complexity index is 200. The Morgan fingerprint density at radius 1 is 1.50 bits per heavy atom. The van der Waals surface area contributed by atoms with Gasteiger partial charge >= 0.3 is 0 Å². The highest BCUT2D eigenvalue weighted by molar-refractivity contribution is 8.00. The van der Waals surface area contributed by atoms with Crippen LogP contribution < -0.4 is 0 Å². The van der Waals surface area contributed by atoms with Crippen molar-refractivity contribution in [3.8, 4) is 0 Å².